The van der Waals surface area contributed by atoms with Gasteiger partial charge in [-0.15, -0.1) is 11.3 Å². The number of amides is 1. The average Bonchev–Trinajstić information content (AvgIpc) is 3.53. The van der Waals surface area contributed by atoms with Crippen molar-refractivity contribution in [1.82, 2.24) is 15.5 Å². The first-order valence-electron chi connectivity index (χ1n) is 11.0. The standard InChI is InChI=1S/C25H26N4O2S/c1-2-21(23-4-3-15-32-23)26-25(30)18-7-10-22-20(16-18)24(28-27-22)17-5-8-19(9-6-17)29-11-13-31-14-12-29/h3-10,15-16,21H,2,11-14H2,1H3,(H,26,30)(H,27,28). The number of fused-ring (bicyclic) bond motifs is 1. The van der Waals surface area contributed by atoms with Crippen molar-refractivity contribution in [3.8, 4) is 11.3 Å². The Kier molecular flexibility index (Phi) is 5.92. The number of nitrogens with zero attached hydrogens (tertiary/aromatic N) is 2. The van der Waals surface area contributed by atoms with E-state index in [2.05, 4.69) is 57.7 Å². The van der Waals surface area contributed by atoms with Crippen molar-refractivity contribution >= 4 is 33.8 Å². The second-order valence-electron chi connectivity index (χ2n) is 7.93. The quantitative estimate of drug-likeness (QED) is 0.437. The van der Waals surface area contributed by atoms with Crippen molar-refractivity contribution in [2.45, 2.75) is 19.4 Å². The van der Waals surface area contributed by atoms with Crippen LogP contribution in [0.15, 0.2) is 60.0 Å². The van der Waals surface area contributed by atoms with Crippen molar-refractivity contribution in [2.24, 2.45) is 0 Å². The van der Waals surface area contributed by atoms with Gasteiger partial charge in [0.25, 0.3) is 5.91 Å². The summed E-state index contributed by atoms with van der Waals surface area (Å²) in [6.07, 6.45) is 0.848. The molecule has 1 amide bonds. The normalized spacial score (nSPS) is 15.1. The van der Waals surface area contributed by atoms with Gasteiger partial charge >= 0.3 is 0 Å². The first-order valence-corrected chi connectivity index (χ1v) is 11.9. The summed E-state index contributed by atoms with van der Waals surface area (Å²) in [5, 5.41) is 13.8. The molecule has 3 heterocycles. The second kappa shape index (κ2) is 9.14. The monoisotopic (exact) mass is 446 g/mol. The van der Waals surface area contributed by atoms with Gasteiger partial charge < -0.3 is 15.0 Å². The first-order chi connectivity index (χ1) is 15.7. The van der Waals surface area contributed by atoms with E-state index in [9.17, 15) is 4.79 Å². The van der Waals surface area contributed by atoms with Gasteiger partial charge in [0.1, 0.15) is 0 Å². The number of thiophene rings is 1. The van der Waals surface area contributed by atoms with Gasteiger partial charge in [0.15, 0.2) is 0 Å². The van der Waals surface area contributed by atoms with E-state index in [0.717, 1.165) is 54.9 Å². The lowest BCUT2D eigenvalue weighted by molar-refractivity contribution is 0.0936. The number of rotatable bonds is 6. The molecule has 0 bridgehead atoms. The van der Waals surface area contributed by atoms with Gasteiger partial charge in [0.2, 0.25) is 0 Å². The summed E-state index contributed by atoms with van der Waals surface area (Å²) < 4.78 is 5.45. The highest BCUT2D eigenvalue weighted by atomic mass is 32.1. The molecule has 2 aromatic heterocycles. The molecule has 164 valence electrons. The molecular weight excluding hydrogens is 420 g/mol. The maximum atomic E-state index is 13.0. The lowest BCUT2D eigenvalue weighted by atomic mass is 10.0. The fourth-order valence-corrected chi connectivity index (χ4v) is 4.99. The van der Waals surface area contributed by atoms with Crippen LogP contribution in [-0.4, -0.2) is 42.4 Å². The summed E-state index contributed by atoms with van der Waals surface area (Å²) in [6.45, 7) is 5.44. The molecule has 5 rings (SSSR count). The van der Waals surface area contributed by atoms with Crippen molar-refractivity contribution < 1.29 is 9.53 Å². The van der Waals surface area contributed by atoms with Crippen molar-refractivity contribution in [1.29, 1.82) is 0 Å². The average molecular weight is 447 g/mol. The molecule has 1 aliphatic rings. The van der Waals surface area contributed by atoms with Crippen LogP contribution in [0.25, 0.3) is 22.2 Å². The van der Waals surface area contributed by atoms with E-state index in [1.54, 1.807) is 11.3 Å². The molecule has 6 nitrogen and oxygen atoms in total. The molecule has 2 N–H and O–H groups in total. The molecule has 0 spiro atoms. The molecule has 1 unspecified atom stereocenters. The number of nitrogens with one attached hydrogen (secondary N) is 2. The SMILES string of the molecule is CCC(NC(=O)c1ccc2[nH]nc(-c3ccc(N4CCOCC4)cc3)c2c1)c1cccs1. The molecule has 32 heavy (non-hydrogen) atoms. The van der Waals surface area contributed by atoms with Crippen LogP contribution in [0, 0.1) is 0 Å². The van der Waals surface area contributed by atoms with E-state index in [4.69, 9.17) is 4.74 Å². The zero-order valence-corrected chi connectivity index (χ0v) is 18.8. The Morgan fingerprint density at radius 3 is 2.72 bits per heavy atom. The topological polar surface area (TPSA) is 70.2 Å². The summed E-state index contributed by atoms with van der Waals surface area (Å²) >= 11 is 1.67. The van der Waals surface area contributed by atoms with E-state index in [0.29, 0.717) is 5.56 Å². The Balaban J connectivity index is 1.39. The molecule has 1 atom stereocenters. The number of hydrogen-bond donors (Lipinski definition) is 2. The minimum absolute atomic E-state index is 0.0229. The zero-order chi connectivity index (χ0) is 21.9. The number of anilines is 1. The number of morpholine rings is 1. The van der Waals surface area contributed by atoms with E-state index >= 15 is 0 Å². The number of carbonyl (C=O) groups excluding carboxylic acids is 1. The van der Waals surface area contributed by atoms with Crippen LogP contribution in [0.1, 0.15) is 34.6 Å². The highest BCUT2D eigenvalue weighted by Gasteiger charge is 2.17. The number of aromatic amines is 1. The summed E-state index contributed by atoms with van der Waals surface area (Å²) in [5.74, 6) is -0.0676. The highest BCUT2D eigenvalue weighted by Crippen LogP contribution is 2.29. The van der Waals surface area contributed by atoms with Crippen molar-refractivity contribution in [2.75, 3.05) is 31.2 Å². The smallest absolute Gasteiger partial charge is 0.251 e. The van der Waals surface area contributed by atoms with E-state index in [-0.39, 0.29) is 11.9 Å². The molecular formula is C25H26N4O2S. The molecule has 0 radical (unpaired) electrons. The number of carbonyl (C=O) groups is 1. The van der Waals surface area contributed by atoms with Crippen LogP contribution >= 0.6 is 11.3 Å². The molecule has 0 aliphatic carbocycles. The van der Waals surface area contributed by atoms with Gasteiger partial charge in [-0.05, 0) is 48.2 Å². The third-order valence-electron chi connectivity index (χ3n) is 5.94. The van der Waals surface area contributed by atoms with Gasteiger partial charge in [-0.1, -0.05) is 25.1 Å². The molecule has 1 saturated heterocycles. The number of H-pyrrole nitrogens is 1. The lowest BCUT2D eigenvalue weighted by Gasteiger charge is -2.28. The van der Waals surface area contributed by atoms with E-state index in [1.807, 2.05) is 29.6 Å². The predicted octanol–water partition coefficient (Wildman–Crippen LogP) is 5.01. The van der Waals surface area contributed by atoms with Gasteiger partial charge in [0.05, 0.1) is 30.5 Å². The maximum Gasteiger partial charge on any atom is 0.251 e. The Morgan fingerprint density at radius 1 is 1.19 bits per heavy atom. The van der Waals surface area contributed by atoms with Crippen LogP contribution in [-0.2, 0) is 4.74 Å². The third kappa shape index (κ3) is 4.13. The minimum atomic E-state index is -0.0676. The van der Waals surface area contributed by atoms with Crippen LogP contribution < -0.4 is 10.2 Å². The Labute approximate surface area is 191 Å². The first kappa shape index (κ1) is 20.7. The summed E-state index contributed by atoms with van der Waals surface area (Å²) in [5.41, 5.74) is 4.62. The van der Waals surface area contributed by atoms with Gasteiger partial charge in [-0.25, -0.2) is 0 Å². The second-order valence-corrected chi connectivity index (χ2v) is 8.91. The molecule has 1 fully saturated rings. The van der Waals surface area contributed by atoms with Crippen LogP contribution in [0.5, 0.6) is 0 Å². The van der Waals surface area contributed by atoms with Crippen molar-refractivity contribution in [3.05, 3.63) is 70.4 Å². The molecule has 7 heteroatoms. The Bertz CT molecular complexity index is 1190. The van der Waals surface area contributed by atoms with E-state index in [1.165, 1.54) is 10.6 Å². The maximum absolute atomic E-state index is 13.0. The van der Waals surface area contributed by atoms with E-state index < -0.39 is 0 Å². The van der Waals surface area contributed by atoms with Gasteiger partial charge in [-0.2, -0.15) is 5.10 Å². The van der Waals surface area contributed by atoms with Crippen LogP contribution in [0.2, 0.25) is 0 Å². The number of ether oxygens (including phenoxy) is 1. The highest BCUT2D eigenvalue weighted by molar-refractivity contribution is 7.10. The van der Waals surface area contributed by atoms with Crippen LogP contribution in [0.3, 0.4) is 0 Å². The fraction of sp³-hybridized carbons (Fsp3) is 0.280. The fourth-order valence-electron chi connectivity index (χ4n) is 4.13. The minimum Gasteiger partial charge on any atom is -0.378 e. The molecule has 4 aromatic rings. The largest absolute Gasteiger partial charge is 0.378 e. The predicted molar refractivity (Wildman–Crippen MR) is 129 cm³/mol. The Hall–Kier alpha value is -3.16. The van der Waals surface area contributed by atoms with Gasteiger partial charge in [0, 0.05) is 40.2 Å². The van der Waals surface area contributed by atoms with Crippen LogP contribution in [0.4, 0.5) is 5.69 Å². The summed E-state index contributed by atoms with van der Waals surface area (Å²) in [7, 11) is 0. The lowest BCUT2D eigenvalue weighted by Crippen LogP contribution is -2.36. The zero-order valence-electron chi connectivity index (χ0n) is 18.0. The summed E-state index contributed by atoms with van der Waals surface area (Å²) in [4.78, 5) is 16.5. The number of aromatic nitrogens is 2. The van der Waals surface area contributed by atoms with Gasteiger partial charge in [-0.3, -0.25) is 9.89 Å². The summed E-state index contributed by atoms with van der Waals surface area (Å²) in [6, 6.07) is 18.3. The Morgan fingerprint density at radius 2 is 2.00 bits per heavy atom. The number of benzene rings is 2. The number of hydrogen-bond acceptors (Lipinski definition) is 5. The molecule has 0 saturated carbocycles. The van der Waals surface area contributed by atoms with Crippen molar-refractivity contribution in [3.63, 3.8) is 0 Å². The molecule has 1 aliphatic heterocycles. The molecule has 2 aromatic carbocycles. The third-order valence-corrected chi connectivity index (χ3v) is 6.93.